The summed E-state index contributed by atoms with van der Waals surface area (Å²) in [6.45, 7) is 16.1. The molecule has 1 N–H and O–H groups in total. The molecule has 0 bridgehead atoms. The number of halogens is 3. The number of hydrogen-bond acceptors (Lipinski definition) is 6. The van der Waals surface area contributed by atoms with Crippen molar-refractivity contribution in [1.82, 2.24) is 10.2 Å². The van der Waals surface area contributed by atoms with E-state index in [4.69, 9.17) is 14.2 Å². The van der Waals surface area contributed by atoms with Crippen molar-refractivity contribution >= 4 is 47.8 Å². The molecule has 0 radical (unpaired) electrons. The molecule has 39 heavy (non-hydrogen) atoms. The summed E-state index contributed by atoms with van der Waals surface area (Å²) < 4.78 is 15.2. The average molecular weight is 766 g/mol. The van der Waals surface area contributed by atoms with E-state index in [0.717, 1.165) is 81.8 Å². The number of nitrogens with zero attached hydrogens (tertiary/aromatic N) is 1. The van der Waals surface area contributed by atoms with Gasteiger partial charge in [-0.2, -0.15) is 0 Å². The van der Waals surface area contributed by atoms with Gasteiger partial charge in [0.15, 0.2) is 0 Å². The van der Waals surface area contributed by atoms with Crippen molar-refractivity contribution in [1.29, 1.82) is 0 Å². The molecule has 3 saturated heterocycles. The fourth-order valence-electron chi connectivity index (χ4n) is 3.18. The Morgan fingerprint density at radius 2 is 1.00 bits per heavy atom. The van der Waals surface area contributed by atoms with Crippen LogP contribution in [0, 0.1) is 0 Å². The van der Waals surface area contributed by atoms with Gasteiger partial charge in [-0.1, -0.05) is 102 Å². The summed E-state index contributed by atoms with van der Waals surface area (Å²) in [7, 11) is 0. The van der Waals surface area contributed by atoms with Crippen molar-refractivity contribution in [2.24, 2.45) is 0 Å². The van der Waals surface area contributed by atoms with Crippen molar-refractivity contribution in [3.63, 3.8) is 0 Å². The molecule has 0 unspecified atom stereocenters. The SMILES string of the molecule is BrCCCCCCBr.BrCCCCCCN1CCOCC1.C.C1CCOC1.C1COCCN1.CC(C)(C)[O-].[Na+]. The van der Waals surface area contributed by atoms with E-state index < -0.39 is 5.60 Å². The van der Waals surface area contributed by atoms with Gasteiger partial charge in [-0.3, -0.25) is 4.90 Å². The summed E-state index contributed by atoms with van der Waals surface area (Å²) in [5.74, 6) is 0. The Bertz CT molecular complexity index is 381. The molecule has 0 aromatic carbocycles. The molecular weight excluding hydrogens is 703 g/mol. The smallest absolute Gasteiger partial charge is 0.850 e. The molecule has 234 valence electrons. The minimum Gasteiger partial charge on any atom is -0.850 e. The minimum absolute atomic E-state index is 0. The maximum atomic E-state index is 10.1. The van der Waals surface area contributed by atoms with Crippen molar-refractivity contribution in [2.45, 2.75) is 98.0 Å². The van der Waals surface area contributed by atoms with E-state index in [1.807, 2.05) is 0 Å². The van der Waals surface area contributed by atoms with Gasteiger partial charge in [0, 0.05) is 55.4 Å². The van der Waals surface area contributed by atoms with Crippen LogP contribution in [-0.4, -0.2) is 98.9 Å². The maximum Gasteiger partial charge on any atom is 1.00 e. The largest absolute Gasteiger partial charge is 1.00 e. The van der Waals surface area contributed by atoms with E-state index in [9.17, 15) is 5.11 Å². The number of rotatable bonds is 11. The Morgan fingerprint density at radius 1 is 0.641 bits per heavy atom. The molecule has 3 fully saturated rings. The Balaban J connectivity index is -0.000000205. The summed E-state index contributed by atoms with van der Waals surface area (Å²) in [6.07, 6.45) is 13.4. The van der Waals surface area contributed by atoms with Crippen molar-refractivity contribution in [2.75, 3.05) is 88.4 Å². The molecule has 3 rings (SSSR count). The van der Waals surface area contributed by atoms with Crippen molar-refractivity contribution < 1.29 is 48.9 Å². The molecule has 0 aliphatic carbocycles. The Morgan fingerprint density at radius 3 is 1.28 bits per heavy atom. The topological polar surface area (TPSA) is 66.0 Å². The van der Waals surface area contributed by atoms with Gasteiger partial charge in [0.1, 0.15) is 0 Å². The molecule has 0 aromatic heterocycles. The summed E-state index contributed by atoms with van der Waals surface area (Å²) in [4.78, 5) is 2.51. The summed E-state index contributed by atoms with van der Waals surface area (Å²) in [6, 6.07) is 0. The second-order valence-electron chi connectivity index (χ2n) is 10.1. The van der Waals surface area contributed by atoms with Crippen LogP contribution in [0.15, 0.2) is 0 Å². The molecule has 0 saturated carbocycles. The van der Waals surface area contributed by atoms with Crippen LogP contribution in [0.2, 0.25) is 0 Å². The zero-order valence-corrected chi connectivity index (χ0v) is 31.9. The number of nitrogens with one attached hydrogen (secondary N) is 1. The van der Waals surface area contributed by atoms with E-state index in [-0.39, 0.29) is 37.0 Å². The van der Waals surface area contributed by atoms with E-state index in [2.05, 4.69) is 58.0 Å². The average Bonchev–Trinajstić information content (AvgIpc) is 3.49. The van der Waals surface area contributed by atoms with Crippen LogP contribution in [-0.2, 0) is 14.2 Å². The number of ether oxygens (including phenoxy) is 3. The number of unbranched alkanes of at least 4 members (excludes halogenated alkanes) is 6. The number of hydrogen-bond donors (Lipinski definition) is 1. The van der Waals surface area contributed by atoms with Gasteiger partial charge in [-0.15, -0.1) is 5.60 Å². The third-order valence-corrected chi connectivity index (χ3v) is 6.83. The monoisotopic (exact) mass is 762 g/mol. The quantitative estimate of drug-likeness (QED) is 0.197. The van der Waals surface area contributed by atoms with Crippen LogP contribution >= 0.6 is 47.8 Å². The standard InChI is InChI=1S/C10H20BrNO.C6H12Br2.C4H9NO.C4H8O.C4H9O.CH4.Na/c11-5-3-1-2-4-6-12-7-9-13-10-8-12;7-5-3-1-2-4-6-8;1-3-6-4-2-5-1;1-2-4-5-3-1;1-4(2,3)5;;/h1-10H2;1-6H2;5H,1-4H2;1-4H2;1-3H3;1H4;/q;;;;-1;;+1. The van der Waals surface area contributed by atoms with E-state index >= 15 is 0 Å². The van der Waals surface area contributed by atoms with Crippen molar-refractivity contribution in [3.8, 4) is 0 Å². The predicted molar refractivity (Wildman–Crippen MR) is 176 cm³/mol. The van der Waals surface area contributed by atoms with Gasteiger partial charge in [0.05, 0.1) is 26.4 Å². The van der Waals surface area contributed by atoms with E-state index in [1.54, 1.807) is 20.8 Å². The summed E-state index contributed by atoms with van der Waals surface area (Å²) >= 11 is 10.2. The first-order valence-corrected chi connectivity index (χ1v) is 17.8. The van der Waals surface area contributed by atoms with Gasteiger partial charge in [0.2, 0.25) is 0 Å². The fourth-order valence-corrected chi connectivity index (χ4v) is 4.37. The first kappa shape index (κ1) is 48.1. The molecule has 0 amide bonds. The second-order valence-corrected chi connectivity index (χ2v) is 12.5. The van der Waals surface area contributed by atoms with Gasteiger partial charge >= 0.3 is 29.6 Å². The molecule has 10 heteroatoms. The molecule has 0 spiro atoms. The van der Waals surface area contributed by atoms with Gasteiger partial charge in [-0.25, -0.2) is 0 Å². The zero-order chi connectivity index (χ0) is 27.9. The molecule has 0 atom stereocenters. The van der Waals surface area contributed by atoms with Crippen LogP contribution in [0.1, 0.15) is 92.4 Å². The third-order valence-electron chi connectivity index (χ3n) is 5.15. The first-order chi connectivity index (χ1) is 17.8. The van der Waals surface area contributed by atoms with Gasteiger partial charge in [0.25, 0.3) is 0 Å². The van der Waals surface area contributed by atoms with Crippen LogP contribution in [0.25, 0.3) is 0 Å². The molecular formula is C29H62Br3N2NaO4. The van der Waals surface area contributed by atoms with Crippen molar-refractivity contribution in [3.05, 3.63) is 0 Å². The van der Waals surface area contributed by atoms with E-state index in [0.29, 0.717) is 0 Å². The molecule has 3 heterocycles. The number of morpholine rings is 2. The van der Waals surface area contributed by atoms with Crippen LogP contribution in [0.5, 0.6) is 0 Å². The Labute approximate surface area is 290 Å². The van der Waals surface area contributed by atoms with Crippen LogP contribution in [0.4, 0.5) is 0 Å². The molecule has 6 nitrogen and oxygen atoms in total. The summed E-state index contributed by atoms with van der Waals surface area (Å²) in [5.41, 5.74) is -0.750. The second kappa shape index (κ2) is 40.2. The maximum absolute atomic E-state index is 10.1. The zero-order valence-electron chi connectivity index (χ0n) is 25.2. The van der Waals surface area contributed by atoms with Crippen LogP contribution < -0.4 is 40.0 Å². The molecule has 0 aromatic rings. The van der Waals surface area contributed by atoms with Crippen LogP contribution in [0.3, 0.4) is 0 Å². The third kappa shape index (κ3) is 53.2. The van der Waals surface area contributed by atoms with Gasteiger partial charge in [-0.05, 0) is 45.1 Å². The van der Waals surface area contributed by atoms with E-state index in [1.165, 1.54) is 70.8 Å². The summed E-state index contributed by atoms with van der Waals surface area (Å²) in [5, 5.41) is 16.7. The Hall–Kier alpha value is 2.20. The minimum atomic E-state index is -0.750. The van der Waals surface area contributed by atoms with Gasteiger partial charge < -0.3 is 24.6 Å². The predicted octanol–water partition coefficient (Wildman–Crippen LogP) is 3.80. The fraction of sp³-hybridized carbons (Fsp3) is 1.00. The number of alkyl halides is 3. The first-order valence-electron chi connectivity index (χ1n) is 14.4. The Kier molecular flexibility index (Phi) is 49.6. The molecule has 3 aliphatic rings. The molecule has 3 aliphatic heterocycles. The normalized spacial score (nSPS) is 16.7.